The molecule has 4 aliphatic rings. The molecular formula is C21H17NO3. The number of ether oxygens (including phenoxy) is 1. The van der Waals surface area contributed by atoms with Gasteiger partial charge in [0.05, 0.1) is 29.7 Å². The largest absolute Gasteiger partial charge is 0.373 e. The molecule has 0 saturated carbocycles. The van der Waals surface area contributed by atoms with Crippen LogP contribution in [0.15, 0.2) is 42.5 Å². The number of nitrogens with zero attached hydrogens (tertiary/aromatic N) is 1. The molecule has 0 spiro atoms. The maximum absolute atomic E-state index is 12.9. The first-order chi connectivity index (χ1) is 12.2. The van der Waals surface area contributed by atoms with Gasteiger partial charge in [-0.15, -0.1) is 0 Å². The van der Waals surface area contributed by atoms with Gasteiger partial charge in [0.15, 0.2) is 0 Å². The number of rotatable bonds is 1. The lowest BCUT2D eigenvalue weighted by molar-refractivity contribution is -0.124. The number of amides is 2. The molecule has 2 aromatic rings. The van der Waals surface area contributed by atoms with Gasteiger partial charge in [0.1, 0.15) is 0 Å². The number of carbonyl (C=O) groups is 2. The predicted octanol–water partition coefficient (Wildman–Crippen LogP) is 2.92. The summed E-state index contributed by atoms with van der Waals surface area (Å²) in [6.07, 6.45) is 2.54. The number of imide groups is 1. The average molecular weight is 331 g/mol. The molecule has 2 aromatic carbocycles. The molecule has 4 heteroatoms. The number of hydrogen-bond donors (Lipinski definition) is 0. The van der Waals surface area contributed by atoms with Crippen LogP contribution in [0.3, 0.4) is 0 Å². The second kappa shape index (κ2) is 4.58. The monoisotopic (exact) mass is 331 g/mol. The van der Waals surface area contributed by atoms with Gasteiger partial charge in [-0.25, -0.2) is 4.90 Å². The van der Waals surface area contributed by atoms with Crippen molar-refractivity contribution in [1.29, 1.82) is 0 Å². The van der Waals surface area contributed by atoms with Crippen LogP contribution in [0.2, 0.25) is 0 Å². The van der Waals surface area contributed by atoms with Gasteiger partial charge in [-0.3, -0.25) is 9.59 Å². The van der Waals surface area contributed by atoms with E-state index >= 15 is 0 Å². The summed E-state index contributed by atoms with van der Waals surface area (Å²) < 4.78 is 5.81. The molecule has 0 N–H and O–H groups in total. The number of benzene rings is 2. The van der Waals surface area contributed by atoms with Gasteiger partial charge in [-0.05, 0) is 53.6 Å². The standard InChI is InChI=1S/C21H17NO3/c23-20-18-16-7-8-17(25-16)19(18)21(24)22(20)13-5-6-15-12(10-13)9-11-3-1-2-4-14(11)15/h1-6,10,16-19H,7-9H2/t16-,17-,18-,19+/m1/s1. The average Bonchev–Trinajstić information content (AvgIpc) is 3.36. The molecule has 3 heterocycles. The smallest absolute Gasteiger partial charge is 0.240 e. The van der Waals surface area contributed by atoms with E-state index in [4.69, 9.17) is 4.74 Å². The Kier molecular flexibility index (Phi) is 2.53. The summed E-state index contributed by atoms with van der Waals surface area (Å²) in [5.41, 5.74) is 5.68. The molecule has 6 rings (SSSR count). The van der Waals surface area contributed by atoms with Gasteiger partial charge in [0.2, 0.25) is 11.8 Å². The molecule has 25 heavy (non-hydrogen) atoms. The van der Waals surface area contributed by atoms with E-state index in [2.05, 4.69) is 24.3 Å². The van der Waals surface area contributed by atoms with E-state index < -0.39 is 0 Å². The molecule has 3 fully saturated rings. The van der Waals surface area contributed by atoms with Gasteiger partial charge in [-0.2, -0.15) is 0 Å². The Bertz CT molecular complexity index is 922. The van der Waals surface area contributed by atoms with Crippen LogP contribution in [0.25, 0.3) is 11.1 Å². The fourth-order valence-electron chi connectivity index (χ4n) is 5.24. The first kappa shape index (κ1) is 13.8. The first-order valence-electron chi connectivity index (χ1n) is 8.97. The number of fused-ring (bicyclic) bond motifs is 8. The van der Waals surface area contributed by atoms with Crippen molar-refractivity contribution in [2.75, 3.05) is 4.90 Å². The fourth-order valence-corrected chi connectivity index (χ4v) is 5.24. The number of anilines is 1. The zero-order chi connectivity index (χ0) is 16.7. The Morgan fingerprint density at radius 2 is 1.52 bits per heavy atom. The van der Waals surface area contributed by atoms with Crippen LogP contribution in [0.5, 0.6) is 0 Å². The zero-order valence-corrected chi connectivity index (χ0v) is 13.6. The van der Waals surface area contributed by atoms with Crippen molar-refractivity contribution in [2.45, 2.75) is 31.5 Å². The van der Waals surface area contributed by atoms with E-state index in [1.54, 1.807) is 0 Å². The third-order valence-corrected chi connectivity index (χ3v) is 6.32. The lowest BCUT2D eigenvalue weighted by atomic mass is 9.81. The highest BCUT2D eigenvalue weighted by atomic mass is 16.5. The predicted molar refractivity (Wildman–Crippen MR) is 92.1 cm³/mol. The van der Waals surface area contributed by atoms with Crippen molar-refractivity contribution >= 4 is 17.5 Å². The topological polar surface area (TPSA) is 46.6 Å². The second-order valence-corrected chi connectivity index (χ2v) is 7.53. The minimum Gasteiger partial charge on any atom is -0.373 e. The van der Waals surface area contributed by atoms with Crippen LogP contribution < -0.4 is 4.90 Å². The summed E-state index contributed by atoms with van der Waals surface area (Å²) in [5, 5.41) is 0. The summed E-state index contributed by atoms with van der Waals surface area (Å²) in [6.45, 7) is 0. The van der Waals surface area contributed by atoms with Crippen LogP contribution >= 0.6 is 0 Å². The van der Waals surface area contributed by atoms with Crippen molar-refractivity contribution in [1.82, 2.24) is 0 Å². The second-order valence-electron chi connectivity index (χ2n) is 7.53. The Labute approximate surface area is 145 Å². The molecule has 124 valence electrons. The Hall–Kier alpha value is -2.46. The normalized spacial score (nSPS) is 31.4. The quantitative estimate of drug-likeness (QED) is 0.644. The van der Waals surface area contributed by atoms with E-state index in [0.29, 0.717) is 0 Å². The van der Waals surface area contributed by atoms with Crippen LogP contribution in [0, 0.1) is 11.8 Å². The van der Waals surface area contributed by atoms with Crippen molar-refractivity contribution in [3.05, 3.63) is 53.6 Å². The van der Waals surface area contributed by atoms with Gasteiger partial charge in [-0.1, -0.05) is 30.3 Å². The Morgan fingerprint density at radius 1 is 0.840 bits per heavy atom. The van der Waals surface area contributed by atoms with Crippen LogP contribution in [-0.2, 0) is 20.7 Å². The van der Waals surface area contributed by atoms with E-state index in [9.17, 15) is 9.59 Å². The fraction of sp³-hybridized carbons (Fsp3) is 0.333. The molecule has 0 aromatic heterocycles. The zero-order valence-electron chi connectivity index (χ0n) is 13.6. The van der Waals surface area contributed by atoms with Gasteiger partial charge < -0.3 is 4.74 Å². The molecule has 3 aliphatic heterocycles. The van der Waals surface area contributed by atoms with Crippen molar-refractivity contribution in [2.24, 2.45) is 11.8 Å². The van der Waals surface area contributed by atoms with Gasteiger partial charge in [0.25, 0.3) is 0 Å². The van der Waals surface area contributed by atoms with Gasteiger partial charge in [0, 0.05) is 0 Å². The molecule has 4 nitrogen and oxygen atoms in total. The summed E-state index contributed by atoms with van der Waals surface area (Å²) in [4.78, 5) is 27.3. The summed E-state index contributed by atoms with van der Waals surface area (Å²) in [5.74, 6) is -0.677. The third kappa shape index (κ3) is 1.65. The molecule has 2 amide bonds. The van der Waals surface area contributed by atoms with Crippen LogP contribution in [-0.4, -0.2) is 24.0 Å². The molecule has 2 bridgehead atoms. The van der Waals surface area contributed by atoms with Crippen molar-refractivity contribution in [3.63, 3.8) is 0 Å². The SMILES string of the molecule is O=C1[C@@H]2[C@H](C(=O)N1c1ccc3c(c1)Cc1ccccc1-3)[C@H]1CC[C@H]2O1. The number of hydrogen-bond acceptors (Lipinski definition) is 3. The number of carbonyl (C=O) groups excluding carboxylic acids is 2. The Balaban J connectivity index is 1.41. The minimum absolute atomic E-state index is 0.0601. The minimum atomic E-state index is -0.267. The summed E-state index contributed by atoms with van der Waals surface area (Å²) in [6, 6.07) is 14.4. The molecule has 4 atom stereocenters. The van der Waals surface area contributed by atoms with E-state index in [1.807, 2.05) is 18.2 Å². The highest BCUT2D eigenvalue weighted by Gasteiger charge is 2.62. The third-order valence-electron chi connectivity index (χ3n) is 6.32. The summed E-state index contributed by atoms with van der Waals surface area (Å²) >= 11 is 0. The van der Waals surface area contributed by atoms with Crippen molar-refractivity contribution in [3.8, 4) is 11.1 Å². The lowest BCUT2D eigenvalue weighted by Gasteiger charge is -2.18. The van der Waals surface area contributed by atoms with Crippen LogP contribution in [0.1, 0.15) is 24.0 Å². The molecular weight excluding hydrogens is 314 g/mol. The van der Waals surface area contributed by atoms with Crippen LogP contribution in [0.4, 0.5) is 5.69 Å². The maximum Gasteiger partial charge on any atom is 0.240 e. The highest BCUT2D eigenvalue weighted by molar-refractivity contribution is 6.23. The van der Waals surface area contributed by atoms with Crippen molar-refractivity contribution < 1.29 is 14.3 Å². The lowest BCUT2D eigenvalue weighted by Crippen LogP contribution is -2.34. The highest BCUT2D eigenvalue weighted by Crippen LogP contribution is 2.50. The molecule has 0 radical (unpaired) electrons. The molecule has 0 unspecified atom stereocenters. The maximum atomic E-state index is 12.9. The molecule has 1 aliphatic carbocycles. The first-order valence-corrected chi connectivity index (χ1v) is 8.97. The molecule has 3 saturated heterocycles. The van der Waals surface area contributed by atoms with Gasteiger partial charge >= 0.3 is 0 Å². The Morgan fingerprint density at radius 3 is 2.28 bits per heavy atom. The summed E-state index contributed by atoms with van der Waals surface area (Å²) in [7, 11) is 0. The van der Waals surface area contributed by atoms with E-state index in [-0.39, 0.29) is 35.9 Å². The van der Waals surface area contributed by atoms with E-state index in [1.165, 1.54) is 27.2 Å². The van der Waals surface area contributed by atoms with E-state index in [0.717, 1.165) is 24.9 Å².